The van der Waals surface area contributed by atoms with Crippen molar-refractivity contribution in [3.63, 3.8) is 0 Å². The summed E-state index contributed by atoms with van der Waals surface area (Å²) in [6.45, 7) is 7.94. The van der Waals surface area contributed by atoms with Crippen molar-refractivity contribution in [1.29, 1.82) is 0 Å². The molecule has 0 aliphatic carbocycles. The normalized spacial score (nSPS) is 10.8. The van der Waals surface area contributed by atoms with Gasteiger partial charge in [-0.05, 0) is 0 Å². The van der Waals surface area contributed by atoms with Crippen molar-refractivity contribution in [3.8, 4) is 0 Å². The molecule has 0 radical (unpaired) electrons. The number of carbonyl (C=O) groups is 2. The molecule has 15 heteroatoms. The lowest BCUT2D eigenvalue weighted by Gasteiger charge is -2.07. The quantitative estimate of drug-likeness (QED) is 0.102. The van der Waals surface area contributed by atoms with E-state index in [4.69, 9.17) is 62.3 Å². The average molecular weight is 577 g/mol. The van der Waals surface area contributed by atoms with E-state index in [1.807, 2.05) is 0 Å². The summed E-state index contributed by atoms with van der Waals surface area (Å²) >= 11 is 0. The number of aliphatic carboxylic acids is 2. The van der Waals surface area contributed by atoms with Gasteiger partial charge in [-0.15, -0.1) is 0 Å². The Bertz CT molecular complexity index is 496. The van der Waals surface area contributed by atoms with Gasteiger partial charge in [0, 0.05) is 14.2 Å². The molecule has 0 unspecified atom stereocenters. The van der Waals surface area contributed by atoms with Crippen molar-refractivity contribution in [2.45, 2.75) is 0 Å². The second kappa shape index (κ2) is 36.5. The SMILES string of the molecule is COCCOCCOCCOCCOCC(=O)O.COCCOCCOCCOCCOCCOCC(=O)O. The zero-order chi connectivity index (χ0) is 29.1. The van der Waals surface area contributed by atoms with Crippen LogP contribution in [0.5, 0.6) is 0 Å². The summed E-state index contributed by atoms with van der Waals surface area (Å²) in [5.74, 6) is -1.96. The molecule has 0 aromatic rings. The van der Waals surface area contributed by atoms with E-state index in [0.29, 0.717) is 106 Å². The van der Waals surface area contributed by atoms with Crippen LogP contribution in [0.2, 0.25) is 0 Å². The summed E-state index contributed by atoms with van der Waals surface area (Å²) in [5, 5.41) is 16.6. The molecule has 2 N–H and O–H groups in total. The van der Waals surface area contributed by atoms with Gasteiger partial charge in [0.2, 0.25) is 0 Å². The Morgan fingerprint density at radius 2 is 0.538 bits per heavy atom. The minimum atomic E-state index is -0.984. The number of carboxylic acids is 2. The number of ether oxygens (including phenoxy) is 11. The number of rotatable bonds is 31. The fourth-order valence-electron chi connectivity index (χ4n) is 2.14. The number of methoxy groups -OCH3 is 2. The minimum Gasteiger partial charge on any atom is -0.480 e. The minimum absolute atomic E-state index is 0.262. The fourth-order valence-corrected chi connectivity index (χ4v) is 2.14. The largest absolute Gasteiger partial charge is 0.480 e. The third kappa shape index (κ3) is 43.8. The first-order chi connectivity index (χ1) is 19.0. The van der Waals surface area contributed by atoms with E-state index in [0.717, 1.165) is 0 Å². The van der Waals surface area contributed by atoms with Crippen LogP contribution in [0.15, 0.2) is 0 Å². The highest BCUT2D eigenvalue weighted by Crippen LogP contribution is 1.85. The molecule has 0 saturated carbocycles. The second-order valence-corrected chi connectivity index (χ2v) is 7.16. The molecule has 0 aromatic heterocycles. The Morgan fingerprint density at radius 1 is 0.359 bits per heavy atom. The summed E-state index contributed by atoms with van der Waals surface area (Å²) in [4.78, 5) is 20.2. The van der Waals surface area contributed by atoms with Gasteiger partial charge in [0.25, 0.3) is 0 Å². The lowest BCUT2D eigenvalue weighted by Crippen LogP contribution is -2.15. The van der Waals surface area contributed by atoms with Crippen molar-refractivity contribution in [2.24, 2.45) is 0 Å². The monoisotopic (exact) mass is 576 g/mol. The Balaban J connectivity index is 0. The van der Waals surface area contributed by atoms with E-state index < -0.39 is 11.9 Å². The number of carboxylic acid groups (broad SMARTS) is 2. The highest BCUT2D eigenvalue weighted by Gasteiger charge is 1.97. The lowest BCUT2D eigenvalue weighted by atomic mass is 10.7. The van der Waals surface area contributed by atoms with Gasteiger partial charge < -0.3 is 62.3 Å². The molecule has 0 aromatic carbocycles. The third-order valence-corrected chi connectivity index (χ3v) is 3.92. The summed E-state index contributed by atoms with van der Waals surface area (Å²) in [6, 6.07) is 0. The topological polar surface area (TPSA) is 176 Å². The van der Waals surface area contributed by atoms with Gasteiger partial charge in [-0.25, -0.2) is 9.59 Å². The van der Waals surface area contributed by atoms with E-state index in [1.165, 1.54) is 0 Å². The Hall–Kier alpha value is -1.50. The van der Waals surface area contributed by atoms with Crippen LogP contribution in [0.1, 0.15) is 0 Å². The smallest absolute Gasteiger partial charge is 0.329 e. The van der Waals surface area contributed by atoms with E-state index in [1.54, 1.807) is 14.2 Å². The third-order valence-electron chi connectivity index (χ3n) is 3.92. The molecule has 0 amide bonds. The van der Waals surface area contributed by atoms with Crippen LogP contribution < -0.4 is 0 Å². The predicted octanol–water partition coefficient (Wildman–Crippen LogP) is -0.416. The van der Waals surface area contributed by atoms with Crippen molar-refractivity contribution in [3.05, 3.63) is 0 Å². The predicted molar refractivity (Wildman–Crippen MR) is 136 cm³/mol. The fraction of sp³-hybridized carbons (Fsp3) is 0.917. The molecular weight excluding hydrogens is 528 g/mol. The van der Waals surface area contributed by atoms with E-state index in [9.17, 15) is 9.59 Å². The molecule has 0 heterocycles. The molecule has 234 valence electrons. The summed E-state index contributed by atoms with van der Waals surface area (Å²) in [7, 11) is 3.25. The van der Waals surface area contributed by atoms with Crippen molar-refractivity contribution in [2.75, 3.05) is 146 Å². The summed E-state index contributed by atoms with van der Waals surface area (Å²) in [6.07, 6.45) is 0. The van der Waals surface area contributed by atoms with Gasteiger partial charge in [0.15, 0.2) is 0 Å². The zero-order valence-electron chi connectivity index (χ0n) is 23.3. The molecule has 0 aliphatic heterocycles. The summed E-state index contributed by atoms with van der Waals surface area (Å²) in [5.41, 5.74) is 0. The van der Waals surface area contributed by atoms with E-state index >= 15 is 0 Å². The average Bonchev–Trinajstić information content (AvgIpc) is 2.91. The van der Waals surface area contributed by atoms with Crippen LogP contribution in [0.4, 0.5) is 0 Å². The first-order valence-corrected chi connectivity index (χ1v) is 12.7. The number of hydrogen-bond acceptors (Lipinski definition) is 13. The van der Waals surface area contributed by atoms with E-state index in [-0.39, 0.29) is 26.4 Å². The molecular formula is C24H48O15. The van der Waals surface area contributed by atoms with Crippen molar-refractivity contribution < 1.29 is 71.9 Å². The van der Waals surface area contributed by atoms with Gasteiger partial charge in [0.05, 0.1) is 119 Å². The van der Waals surface area contributed by atoms with Crippen LogP contribution in [0, 0.1) is 0 Å². The maximum Gasteiger partial charge on any atom is 0.329 e. The molecule has 0 saturated heterocycles. The van der Waals surface area contributed by atoms with Crippen molar-refractivity contribution >= 4 is 11.9 Å². The molecule has 39 heavy (non-hydrogen) atoms. The van der Waals surface area contributed by atoms with Crippen LogP contribution in [-0.2, 0) is 61.7 Å². The Kier molecular flexibility index (Phi) is 37.1. The molecule has 0 rings (SSSR count). The van der Waals surface area contributed by atoms with Gasteiger partial charge in [-0.2, -0.15) is 0 Å². The maximum absolute atomic E-state index is 10.1. The standard InChI is InChI=1S/C13H26O8.C11H22O7/c1-16-2-3-17-4-5-18-6-7-19-8-9-20-10-11-21-12-13(14)15;1-14-2-3-15-4-5-16-6-7-17-8-9-18-10-11(12)13/h2-12H2,1H3,(H,14,15);2-10H2,1H3,(H,12,13). The molecule has 0 bridgehead atoms. The zero-order valence-corrected chi connectivity index (χ0v) is 23.3. The maximum atomic E-state index is 10.1. The van der Waals surface area contributed by atoms with Crippen LogP contribution in [0.3, 0.4) is 0 Å². The van der Waals surface area contributed by atoms with Gasteiger partial charge in [-0.1, -0.05) is 0 Å². The van der Waals surface area contributed by atoms with Crippen LogP contribution in [0.25, 0.3) is 0 Å². The van der Waals surface area contributed by atoms with Crippen LogP contribution in [-0.4, -0.2) is 169 Å². The molecule has 0 fully saturated rings. The first-order valence-electron chi connectivity index (χ1n) is 12.7. The molecule has 0 atom stereocenters. The molecule has 15 nitrogen and oxygen atoms in total. The molecule has 0 spiro atoms. The summed E-state index contributed by atoms with van der Waals surface area (Å²) < 4.78 is 55.8. The van der Waals surface area contributed by atoms with Gasteiger partial charge in [0.1, 0.15) is 13.2 Å². The van der Waals surface area contributed by atoms with Gasteiger partial charge >= 0.3 is 11.9 Å². The highest BCUT2D eigenvalue weighted by molar-refractivity contribution is 5.68. The lowest BCUT2D eigenvalue weighted by molar-refractivity contribution is -0.143. The van der Waals surface area contributed by atoms with Crippen LogP contribution >= 0.6 is 0 Å². The van der Waals surface area contributed by atoms with Gasteiger partial charge in [-0.3, -0.25) is 0 Å². The highest BCUT2D eigenvalue weighted by atomic mass is 16.6. The second-order valence-electron chi connectivity index (χ2n) is 7.16. The first kappa shape index (κ1) is 39.6. The number of hydrogen-bond donors (Lipinski definition) is 2. The molecule has 0 aliphatic rings. The van der Waals surface area contributed by atoms with E-state index in [2.05, 4.69) is 0 Å². The van der Waals surface area contributed by atoms with Crippen molar-refractivity contribution in [1.82, 2.24) is 0 Å². The Morgan fingerprint density at radius 3 is 0.718 bits per heavy atom. The Labute approximate surface area is 230 Å².